The summed E-state index contributed by atoms with van der Waals surface area (Å²) in [6.07, 6.45) is 3.76. The summed E-state index contributed by atoms with van der Waals surface area (Å²) in [4.78, 5) is 6.64. The molecule has 1 aromatic heterocycles. The van der Waals surface area contributed by atoms with Crippen molar-refractivity contribution in [3.63, 3.8) is 0 Å². The van der Waals surface area contributed by atoms with Crippen molar-refractivity contribution in [2.75, 3.05) is 46.9 Å². The Hall–Kier alpha value is -2.10. The number of methoxy groups -OCH3 is 2. The third-order valence-corrected chi connectivity index (χ3v) is 6.82. The number of benzene rings is 1. The fourth-order valence-electron chi connectivity index (χ4n) is 3.21. The predicted octanol–water partition coefficient (Wildman–Crippen LogP) is 1.22. The van der Waals surface area contributed by atoms with Gasteiger partial charge in [-0.15, -0.1) is 0 Å². The van der Waals surface area contributed by atoms with E-state index in [9.17, 15) is 8.42 Å². The Morgan fingerprint density at radius 1 is 1.07 bits per heavy atom. The van der Waals surface area contributed by atoms with E-state index in [1.165, 1.54) is 24.6 Å². The van der Waals surface area contributed by atoms with Crippen LogP contribution in [0.15, 0.2) is 35.5 Å². The van der Waals surface area contributed by atoms with Crippen molar-refractivity contribution in [1.82, 2.24) is 18.8 Å². The summed E-state index contributed by atoms with van der Waals surface area (Å²) in [6.45, 7) is 5.98. The highest BCUT2D eigenvalue weighted by molar-refractivity contribution is 7.89. The quantitative estimate of drug-likeness (QED) is 0.703. The van der Waals surface area contributed by atoms with Crippen molar-refractivity contribution in [2.45, 2.75) is 18.4 Å². The van der Waals surface area contributed by atoms with E-state index in [1.807, 2.05) is 13.1 Å². The van der Waals surface area contributed by atoms with Crippen LogP contribution in [0.2, 0.25) is 0 Å². The molecule has 0 aliphatic carbocycles. The molecule has 148 valence electrons. The first kappa shape index (κ1) is 19.7. The van der Waals surface area contributed by atoms with Crippen molar-refractivity contribution >= 4 is 10.0 Å². The van der Waals surface area contributed by atoms with Gasteiger partial charge in [0, 0.05) is 57.7 Å². The van der Waals surface area contributed by atoms with Crippen molar-refractivity contribution in [2.24, 2.45) is 0 Å². The zero-order valence-corrected chi connectivity index (χ0v) is 16.8. The molecule has 27 heavy (non-hydrogen) atoms. The Morgan fingerprint density at radius 2 is 1.81 bits per heavy atom. The molecule has 3 rings (SSSR count). The second-order valence-electron chi connectivity index (χ2n) is 6.43. The van der Waals surface area contributed by atoms with E-state index in [0.29, 0.717) is 37.7 Å². The first-order chi connectivity index (χ1) is 13.0. The molecule has 0 radical (unpaired) electrons. The van der Waals surface area contributed by atoms with Crippen LogP contribution < -0.4 is 9.47 Å². The molecule has 0 amide bonds. The van der Waals surface area contributed by atoms with Gasteiger partial charge in [0.05, 0.1) is 14.2 Å². The average molecular weight is 394 g/mol. The van der Waals surface area contributed by atoms with Crippen LogP contribution in [0.25, 0.3) is 0 Å². The number of aryl methyl sites for hydroxylation is 1. The number of hydrogen-bond acceptors (Lipinski definition) is 6. The molecule has 0 unspecified atom stereocenters. The topological polar surface area (TPSA) is 76.9 Å². The zero-order chi connectivity index (χ0) is 19.4. The van der Waals surface area contributed by atoms with Gasteiger partial charge in [-0.2, -0.15) is 4.31 Å². The second kappa shape index (κ2) is 8.28. The minimum atomic E-state index is -3.64. The van der Waals surface area contributed by atoms with Gasteiger partial charge in [0.2, 0.25) is 10.0 Å². The van der Waals surface area contributed by atoms with Crippen molar-refractivity contribution in [3.05, 3.63) is 36.4 Å². The van der Waals surface area contributed by atoms with Gasteiger partial charge >= 0.3 is 0 Å². The summed E-state index contributed by atoms with van der Waals surface area (Å²) in [5.41, 5.74) is 0. The fraction of sp³-hybridized carbons (Fsp3) is 0.500. The molecule has 0 atom stereocenters. The molecule has 2 heterocycles. The van der Waals surface area contributed by atoms with E-state index >= 15 is 0 Å². The van der Waals surface area contributed by atoms with Crippen LogP contribution in [0.5, 0.6) is 11.5 Å². The standard InChI is InChI=1S/C18H26N4O4S/c1-15-19-6-7-21(15)11-8-20-9-12-22(13-10-20)27(23,24)18-14-16(25-2)4-5-17(18)26-3/h4-7,14H,8-13H2,1-3H3. The van der Waals surface area contributed by atoms with Gasteiger partial charge in [-0.1, -0.05) is 0 Å². The summed E-state index contributed by atoms with van der Waals surface area (Å²) in [5, 5.41) is 0. The highest BCUT2D eigenvalue weighted by atomic mass is 32.2. The third kappa shape index (κ3) is 4.26. The van der Waals surface area contributed by atoms with E-state index in [0.717, 1.165) is 18.9 Å². The molecular formula is C18H26N4O4S. The molecule has 1 fully saturated rings. The van der Waals surface area contributed by atoms with Crippen molar-refractivity contribution in [3.8, 4) is 11.5 Å². The maximum Gasteiger partial charge on any atom is 0.246 e. The highest BCUT2D eigenvalue weighted by Gasteiger charge is 2.31. The highest BCUT2D eigenvalue weighted by Crippen LogP contribution is 2.31. The lowest BCUT2D eigenvalue weighted by atomic mass is 10.3. The number of rotatable bonds is 7. The lowest BCUT2D eigenvalue weighted by Gasteiger charge is -2.34. The molecule has 0 spiro atoms. The van der Waals surface area contributed by atoms with Crippen LogP contribution in [0, 0.1) is 6.92 Å². The molecular weight excluding hydrogens is 368 g/mol. The minimum Gasteiger partial charge on any atom is -0.497 e. The van der Waals surface area contributed by atoms with E-state index in [2.05, 4.69) is 14.5 Å². The van der Waals surface area contributed by atoms with Crippen molar-refractivity contribution in [1.29, 1.82) is 0 Å². The lowest BCUT2D eigenvalue weighted by Crippen LogP contribution is -2.49. The van der Waals surface area contributed by atoms with Gasteiger partial charge in [0.15, 0.2) is 0 Å². The van der Waals surface area contributed by atoms with Crippen LogP contribution in [0.3, 0.4) is 0 Å². The van der Waals surface area contributed by atoms with Gasteiger partial charge < -0.3 is 14.0 Å². The number of sulfonamides is 1. The molecule has 0 N–H and O–H groups in total. The number of imidazole rings is 1. The number of aromatic nitrogens is 2. The lowest BCUT2D eigenvalue weighted by molar-refractivity contribution is 0.182. The SMILES string of the molecule is COc1ccc(OC)c(S(=O)(=O)N2CCN(CCn3ccnc3C)CC2)c1. The number of nitrogens with zero attached hydrogens (tertiary/aromatic N) is 4. The zero-order valence-electron chi connectivity index (χ0n) is 16.0. The van der Waals surface area contributed by atoms with Gasteiger partial charge in [0.1, 0.15) is 22.2 Å². The van der Waals surface area contributed by atoms with Crippen LogP contribution in [0.4, 0.5) is 0 Å². The summed E-state index contributed by atoms with van der Waals surface area (Å²) < 4.78 is 40.2. The molecule has 8 nitrogen and oxygen atoms in total. The van der Waals surface area contributed by atoms with Gasteiger partial charge in [0.25, 0.3) is 0 Å². The first-order valence-electron chi connectivity index (χ1n) is 8.88. The van der Waals surface area contributed by atoms with Gasteiger partial charge in [-0.05, 0) is 19.1 Å². The van der Waals surface area contributed by atoms with Crippen LogP contribution in [-0.4, -0.2) is 74.1 Å². The average Bonchev–Trinajstić information content (AvgIpc) is 3.11. The summed E-state index contributed by atoms with van der Waals surface area (Å²) in [7, 11) is -0.657. The third-order valence-electron chi connectivity index (χ3n) is 4.90. The Labute approximate surface area is 160 Å². The van der Waals surface area contributed by atoms with E-state index in [4.69, 9.17) is 9.47 Å². The summed E-state index contributed by atoms with van der Waals surface area (Å²) in [6, 6.07) is 4.83. The first-order valence-corrected chi connectivity index (χ1v) is 10.3. The Balaban J connectivity index is 1.65. The molecule has 9 heteroatoms. The number of piperazine rings is 1. The van der Waals surface area contributed by atoms with Gasteiger partial charge in [-0.25, -0.2) is 13.4 Å². The maximum absolute atomic E-state index is 13.1. The molecule has 1 aliphatic heterocycles. The largest absolute Gasteiger partial charge is 0.497 e. The minimum absolute atomic E-state index is 0.145. The van der Waals surface area contributed by atoms with E-state index in [1.54, 1.807) is 18.3 Å². The molecule has 1 saturated heterocycles. The predicted molar refractivity (Wildman–Crippen MR) is 102 cm³/mol. The second-order valence-corrected chi connectivity index (χ2v) is 8.34. The number of ether oxygens (including phenoxy) is 2. The van der Waals surface area contributed by atoms with E-state index < -0.39 is 10.0 Å². The molecule has 2 aromatic rings. The Bertz CT molecular complexity index is 873. The van der Waals surface area contributed by atoms with Crippen LogP contribution in [-0.2, 0) is 16.6 Å². The smallest absolute Gasteiger partial charge is 0.246 e. The summed E-state index contributed by atoms with van der Waals surface area (Å²) in [5.74, 6) is 1.80. The fourth-order valence-corrected chi connectivity index (χ4v) is 4.80. The molecule has 0 saturated carbocycles. The molecule has 1 aliphatic rings. The van der Waals surface area contributed by atoms with Crippen LogP contribution in [0.1, 0.15) is 5.82 Å². The van der Waals surface area contributed by atoms with Crippen molar-refractivity contribution < 1.29 is 17.9 Å². The molecule has 1 aromatic carbocycles. The monoisotopic (exact) mass is 394 g/mol. The normalized spacial score (nSPS) is 16.4. The van der Waals surface area contributed by atoms with Gasteiger partial charge in [-0.3, -0.25) is 4.90 Å². The Morgan fingerprint density at radius 3 is 2.41 bits per heavy atom. The Kier molecular flexibility index (Phi) is 6.03. The molecule has 0 bridgehead atoms. The summed E-state index contributed by atoms with van der Waals surface area (Å²) >= 11 is 0. The van der Waals surface area contributed by atoms with Crippen LogP contribution >= 0.6 is 0 Å². The maximum atomic E-state index is 13.1. The van der Waals surface area contributed by atoms with E-state index in [-0.39, 0.29) is 4.90 Å². The number of hydrogen-bond donors (Lipinski definition) is 0.